The first-order chi connectivity index (χ1) is 33.1. The molecular formula is C49H58ClF3N6O8S3. The van der Waals surface area contributed by atoms with Gasteiger partial charge in [0, 0.05) is 97.9 Å². The number of benzene rings is 4. The highest BCUT2D eigenvalue weighted by Gasteiger charge is 2.48. The molecule has 21 heteroatoms. The molecule has 14 nitrogen and oxygen atoms in total. The first-order valence-corrected chi connectivity index (χ1v) is 27.2. The quantitative estimate of drug-likeness (QED) is 0.0916. The highest BCUT2D eigenvalue weighted by atomic mass is 35.5. The van der Waals surface area contributed by atoms with Gasteiger partial charge in [-0.15, -0.1) is 11.8 Å². The van der Waals surface area contributed by atoms with E-state index in [1.807, 2.05) is 80.1 Å². The van der Waals surface area contributed by atoms with E-state index >= 15 is 0 Å². The zero-order chi connectivity index (χ0) is 50.4. The first-order valence-electron chi connectivity index (χ1n) is 22.9. The molecule has 1 unspecified atom stereocenters. The van der Waals surface area contributed by atoms with E-state index in [-0.39, 0.29) is 23.6 Å². The van der Waals surface area contributed by atoms with Crippen molar-refractivity contribution < 1.29 is 49.4 Å². The molecule has 0 aliphatic carbocycles. The molecule has 2 fully saturated rings. The minimum atomic E-state index is -6.08. The van der Waals surface area contributed by atoms with Crippen LogP contribution in [0.3, 0.4) is 0 Å². The monoisotopic (exact) mass is 1050 g/mol. The van der Waals surface area contributed by atoms with Crippen molar-refractivity contribution in [2.24, 2.45) is 5.41 Å². The summed E-state index contributed by atoms with van der Waals surface area (Å²) in [7, 11) is -11.0. The SMILES string of the molecule is CC(C)(C)C1CC(c2ccc(Cl)cc2)=C(CN2CCN(c3ccc(C(=O)NS(=O)(=O)c4ccc(N[C@H](CCN5CCOCC5)CSc5ccccc5)c(S(=O)(=O)C(F)(F)F)c4)cc3)CC2)CN1C(=O)O. The van der Waals surface area contributed by atoms with E-state index in [4.69, 9.17) is 16.3 Å². The fourth-order valence-corrected chi connectivity index (χ4v) is 12.0. The lowest BCUT2D eigenvalue weighted by Gasteiger charge is -2.45. The van der Waals surface area contributed by atoms with Crippen LogP contribution in [-0.2, 0) is 24.6 Å². The molecule has 70 heavy (non-hydrogen) atoms. The summed E-state index contributed by atoms with van der Waals surface area (Å²) < 4.78 is 103. The van der Waals surface area contributed by atoms with Crippen LogP contribution >= 0.6 is 23.4 Å². The van der Waals surface area contributed by atoms with Gasteiger partial charge in [-0.1, -0.05) is 62.7 Å². The van der Waals surface area contributed by atoms with Crippen molar-refractivity contribution in [3.63, 3.8) is 0 Å². The van der Waals surface area contributed by atoms with Gasteiger partial charge in [-0.25, -0.2) is 26.4 Å². The Morgan fingerprint density at radius 1 is 0.857 bits per heavy atom. The average Bonchev–Trinajstić information content (AvgIpc) is 3.32. The fraction of sp³-hybridized carbons (Fsp3) is 0.429. The van der Waals surface area contributed by atoms with Crippen molar-refractivity contribution in [2.75, 3.05) is 88.1 Å². The number of rotatable bonds is 16. The van der Waals surface area contributed by atoms with Crippen LogP contribution in [-0.4, -0.2) is 144 Å². The molecule has 4 aromatic rings. The third-order valence-corrected chi connectivity index (χ3v) is 17.1. The maximum atomic E-state index is 14.2. The molecule has 3 aliphatic heterocycles. The molecule has 2 amide bonds. The van der Waals surface area contributed by atoms with E-state index in [1.54, 1.807) is 12.1 Å². The van der Waals surface area contributed by atoms with Gasteiger partial charge in [0.2, 0.25) is 0 Å². The Morgan fingerprint density at radius 3 is 2.13 bits per heavy atom. The van der Waals surface area contributed by atoms with Gasteiger partial charge < -0.3 is 25.0 Å². The van der Waals surface area contributed by atoms with E-state index < -0.39 is 58.9 Å². The number of amides is 2. The predicted molar refractivity (Wildman–Crippen MR) is 267 cm³/mol. The van der Waals surface area contributed by atoms with E-state index in [0.717, 1.165) is 39.4 Å². The molecule has 0 saturated carbocycles. The van der Waals surface area contributed by atoms with Crippen LogP contribution in [0.4, 0.5) is 29.3 Å². The van der Waals surface area contributed by atoms with Crippen LogP contribution in [0.15, 0.2) is 117 Å². The number of ether oxygens (including phenoxy) is 1. The van der Waals surface area contributed by atoms with Gasteiger partial charge in [-0.05, 0) is 102 Å². The molecule has 4 aromatic carbocycles. The van der Waals surface area contributed by atoms with Gasteiger partial charge in [-0.3, -0.25) is 14.6 Å². The number of halogens is 4. The number of nitrogens with zero attached hydrogens (tertiary/aromatic N) is 4. The van der Waals surface area contributed by atoms with Gasteiger partial charge in [0.25, 0.3) is 25.8 Å². The lowest BCUT2D eigenvalue weighted by molar-refractivity contribution is -0.0436. The van der Waals surface area contributed by atoms with Gasteiger partial charge in [0.05, 0.1) is 23.8 Å². The molecule has 2 atom stereocenters. The van der Waals surface area contributed by atoms with Crippen molar-refractivity contribution in [3.05, 3.63) is 119 Å². The van der Waals surface area contributed by atoms with E-state index in [0.29, 0.717) is 95.3 Å². The summed E-state index contributed by atoms with van der Waals surface area (Å²) >= 11 is 7.66. The smallest absolute Gasteiger partial charge is 0.465 e. The lowest BCUT2D eigenvalue weighted by Crippen LogP contribution is -2.52. The lowest BCUT2D eigenvalue weighted by atomic mass is 9.77. The van der Waals surface area contributed by atoms with Crippen molar-refractivity contribution in [3.8, 4) is 0 Å². The van der Waals surface area contributed by atoms with Gasteiger partial charge >= 0.3 is 11.6 Å². The van der Waals surface area contributed by atoms with Crippen molar-refractivity contribution in [1.29, 1.82) is 0 Å². The molecule has 378 valence electrons. The van der Waals surface area contributed by atoms with Gasteiger partial charge in [0.15, 0.2) is 0 Å². The molecule has 0 radical (unpaired) electrons. The minimum absolute atomic E-state index is 0.0538. The number of sulfonamides is 1. The Bertz CT molecular complexity index is 2730. The second-order valence-corrected chi connectivity index (χ2v) is 23.8. The second-order valence-electron chi connectivity index (χ2n) is 18.6. The number of anilines is 2. The second kappa shape index (κ2) is 22.3. The number of carbonyl (C=O) groups is 2. The van der Waals surface area contributed by atoms with Crippen LogP contribution in [0, 0.1) is 5.41 Å². The van der Waals surface area contributed by atoms with Crippen molar-refractivity contribution in [1.82, 2.24) is 19.4 Å². The zero-order valence-corrected chi connectivity index (χ0v) is 42.3. The number of carboxylic acid groups (broad SMARTS) is 1. The van der Waals surface area contributed by atoms with E-state index in [1.165, 1.54) is 28.8 Å². The molecule has 3 N–H and O–H groups in total. The third-order valence-electron chi connectivity index (χ3n) is 12.8. The van der Waals surface area contributed by atoms with Crippen molar-refractivity contribution in [2.45, 2.75) is 65.9 Å². The van der Waals surface area contributed by atoms with Crippen LogP contribution < -0.4 is 14.9 Å². The third kappa shape index (κ3) is 13.2. The molecule has 0 aromatic heterocycles. The highest BCUT2D eigenvalue weighted by molar-refractivity contribution is 7.99. The standard InChI is InChI=1S/C49H58ClF3N6O8S3/c1-48(2,3)45-30-42(34-9-13-37(50)14-10-34)36(32-59(45)47(61)62)31-57-21-23-58(24-22-57)39-15-11-35(12-16-39)46(60)55-70(65,66)41-17-18-43(44(29-41)69(63,64)49(51,52)53)54-38(19-20-56-25-27-67-28-26-56)33-68-40-7-5-4-6-8-40/h4-18,29,38,45,54H,19-28,30-33H2,1-3H3,(H,55,60)(H,61,62)/t38-,45?/m1/s1. The number of alkyl halides is 3. The maximum absolute atomic E-state index is 14.2. The highest BCUT2D eigenvalue weighted by Crippen LogP contribution is 2.40. The number of thioether (sulfide) groups is 1. The molecule has 0 bridgehead atoms. The Balaban J connectivity index is 1.02. The zero-order valence-electron chi connectivity index (χ0n) is 39.1. The van der Waals surface area contributed by atoms with Gasteiger partial charge in [0.1, 0.15) is 4.90 Å². The average molecular weight is 1050 g/mol. The summed E-state index contributed by atoms with van der Waals surface area (Å²) in [6.07, 6.45) is 0.0214. The maximum Gasteiger partial charge on any atom is 0.501 e. The summed E-state index contributed by atoms with van der Waals surface area (Å²) in [5.41, 5.74) is -2.64. The minimum Gasteiger partial charge on any atom is -0.465 e. The topological polar surface area (TPSA) is 169 Å². The number of carbonyl (C=O) groups excluding carboxylic acids is 1. The summed E-state index contributed by atoms with van der Waals surface area (Å²) in [6, 6.07) is 24.7. The Hall–Kier alpha value is -4.83. The Morgan fingerprint density at radius 2 is 1.51 bits per heavy atom. The van der Waals surface area contributed by atoms with E-state index in [9.17, 15) is 44.7 Å². The number of hydrogen-bond donors (Lipinski definition) is 3. The number of nitrogens with one attached hydrogen (secondary N) is 2. The molecule has 2 saturated heterocycles. The Labute approximate surface area is 417 Å². The van der Waals surface area contributed by atoms with Crippen LogP contribution in [0.1, 0.15) is 49.5 Å². The number of hydrogen-bond acceptors (Lipinski definition) is 12. The van der Waals surface area contributed by atoms with Crippen LogP contribution in [0.5, 0.6) is 0 Å². The summed E-state index contributed by atoms with van der Waals surface area (Å²) in [4.78, 5) is 32.7. The molecule has 0 spiro atoms. The summed E-state index contributed by atoms with van der Waals surface area (Å²) in [5, 5.41) is 13.8. The van der Waals surface area contributed by atoms with Crippen LogP contribution in [0.2, 0.25) is 5.02 Å². The number of morpholine rings is 1. The van der Waals surface area contributed by atoms with Crippen molar-refractivity contribution >= 4 is 72.2 Å². The molecule has 7 rings (SSSR count). The number of piperazine rings is 1. The van der Waals surface area contributed by atoms with Gasteiger partial charge in [-0.2, -0.15) is 13.2 Å². The first kappa shape index (κ1) is 53.0. The normalized spacial score (nSPS) is 18.4. The predicted octanol–water partition coefficient (Wildman–Crippen LogP) is 8.42. The van der Waals surface area contributed by atoms with E-state index in [2.05, 4.69) is 20.0 Å². The van der Waals surface area contributed by atoms with Crippen LogP contribution in [0.25, 0.3) is 5.57 Å². The molecular weight excluding hydrogens is 989 g/mol. The molecule has 3 heterocycles. The molecule has 3 aliphatic rings. The summed E-state index contributed by atoms with van der Waals surface area (Å²) in [6.45, 7) is 12.4. The largest absolute Gasteiger partial charge is 0.501 e. The fourth-order valence-electron chi connectivity index (χ4n) is 8.88. The number of sulfone groups is 1. The summed E-state index contributed by atoms with van der Waals surface area (Å²) in [5.74, 6) is -0.718. The Kier molecular flexibility index (Phi) is 16.9.